The van der Waals surface area contributed by atoms with Crippen molar-refractivity contribution in [2.45, 2.75) is 26.8 Å². The molecular formula is C22H27N3O5. The van der Waals surface area contributed by atoms with Crippen molar-refractivity contribution in [2.75, 3.05) is 24.9 Å². The van der Waals surface area contributed by atoms with Gasteiger partial charge in [-0.05, 0) is 36.2 Å². The summed E-state index contributed by atoms with van der Waals surface area (Å²) >= 11 is 0. The SMILES string of the molecule is COc1ccc(NC(=O)C(NC(=O)c2ccccc2OC)C(C)C)cc1NC(C)=O. The number of para-hydroxylation sites is 1. The first-order chi connectivity index (χ1) is 14.3. The minimum Gasteiger partial charge on any atom is -0.496 e. The van der Waals surface area contributed by atoms with Gasteiger partial charge in [-0.15, -0.1) is 0 Å². The van der Waals surface area contributed by atoms with Crippen LogP contribution in [-0.4, -0.2) is 38.0 Å². The summed E-state index contributed by atoms with van der Waals surface area (Å²) in [7, 11) is 2.97. The summed E-state index contributed by atoms with van der Waals surface area (Å²) in [4.78, 5) is 37.0. The van der Waals surface area contributed by atoms with Crippen LogP contribution in [0, 0.1) is 5.92 Å². The Morgan fingerprint density at radius 2 is 1.57 bits per heavy atom. The Balaban J connectivity index is 2.20. The molecule has 0 aliphatic rings. The normalized spacial score (nSPS) is 11.4. The van der Waals surface area contributed by atoms with Crippen molar-refractivity contribution in [2.24, 2.45) is 5.92 Å². The Morgan fingerprint density at radius 3 is 2.17 bits per heavy atom. The van der Waals surface area contributed by atoms with E-state index in [1.807, 2.05) is 13.8 Å². The predicted molar refractivity (Wildman–Crippen MR) is 115 cm³/mol. The van der Waals surface area contributed by atoms with Crippen molar-refractivity contribution in [1.29, 1.82) is 0 Å². The van der Waals surface area contributed by atoms with Crippen LogP contribution in [0.2, 0.25) is 0 Å². The van der Waals surface area contributed by atoms with Crippen molar-refractivity contribution in [1.82, 2.24) is 5.32 Å². The van der Waals surface area contributed by atoms with E-state index in [9.17, 15) is 14.4 Å². The summed E-state index contributed by atoms with van der Waals surface area (Å²) in [6.07, 6.45) is 0. The standard InChI is InChI=1S/C22H27N3O5/c1-13(2)20(25-21(27)16-8-6-7-9-18(16)29-4)22(28)24-15-10-11-19(30-5)17(12-15)23-14(3)26/h6-13,20H,1-5H3,(H,23,26)(H,24,28)(H,25,27). The van der Waals surface area contributed by atoms with Crippen LogP contribution in [0.25, 0.3) is 0 Å². The second-order valence-corrected chi connectivity index (χ2v) is 6.98. The van der Waals surface area contributed by atoms with Crippen LogP contribution in [0.5, 0.6) is 11.5 Å². The van der Waals surface area contributed by atoms with Gasteiger partial charge in [0.2, 0.25) is 11.8 Å². The van der Waals surface area contributed by atoms with Crippen molar-refractivity contribution in [3.05, 3.63) is 48.0 Å². The van der Waals surface area contributed by atoms with Gasteiger partial charge in [0.05, 0.1) is 25.5 Å². The number of ether oxygens (including phenoxy) is 2. The Hall–Kier alpha value is -3.55. The fourth-order valence-corrected chi connectivity index (χ4v) is 2.88. The number of anilines is 2. The van der Waals surface area contributed by atoms with Gasteiger partial charge in [-0.2, -0.15) is 0 Å². The fourth-order valence-electron chi connectivity index (χ4n) is 2.88. The average Bonchev–Trinajstić information content (AvgIpc) is 2.71. The van der Waals surface area contributed by atoms with Gasteiger partial charge in [-0.1, -0.05) is 26.0 Å². The third-order valence-electron chi connectivity index (χ3n) is 4.37. The van der Waals surface area contributed by atoms with Gasteiger partial charge in [0.15, 0.2) is 0 Å². The molecular weight excluding hydrogens is 386 g/mol. The molecule has 0 bridgehead atoms. The van der Waals surface area contributed by atoms with Gasteiger partial charge in [-0.25, -0.2) is 0 Å². The number of rotatable bonds is 8. The lowest BCUT2D eigenvalue weighted by Crippen LogP contribution is -2.47. The minimum absolute atomic E-state index is 0.170. The summed E-state index contributed by atoms with van der Waals surface area (Å²) in [5, 5.41) is 8.21. The van der Waals surface area contributed by atoms with Crippen LogP contribution in [-0.2, 0) is 9.59 Å². The molecule has 1 unspecified atom stereocenters. The zero-order chi connectivity index (χ0) is 22.3. The van der Waals surface area contributed by atoms with E-state index in [0.717, 1.165) is 0 Å². The quantitative estimate of drug-likeness (QED) is 0.617. The second-order valence-electron chi connectivity index (χ2n) is 6.98. The predicted octanol–water partition coefficient (Wildman–Crippen LogP) is 3.06. The van der Waals surface area contributed by atoms with Crippen molar-refractivity contribution in [3.63, 3.8) is 0 Å². The number of amides is 3. The van der Waals surface area contributed by atoms with Gasteiger partial charge in [0.1, 0.15) is 17.5 Å². The highest BCUT2D eigenvalue weighted by atomic mass is 16.5. The van der Waals surface area contributed by atoms with Crippen molar-refractivity contribution < 1.29 is 23.9 Å². The summed E-state index contributed by atoms with van der Waals surface area (Å²) < 4.78 is 10.4. The molecule has 160 valence electrons. The molecule has 2 aromatic rings. The number of hydrogen-bond acceptors (Lipinski definition) is 5. The molecule has 0 saturated heterocycles. The first kappa shape index (κ1) is 22.7. The number of methoxy groups -OCH3 is 2. The zero-order valence-electron chi connectivity index (χ0n) is 17.7. The highest BCUT2D eigenvalue weighted by molar-refractivity contribution is 6.03. The molecule has 0 spiro atoms. The van der Waals surface area contributed by atoms with Crippen LogP contribution in [0.1, 0.15) is 31.1 Å². The maximum Gasteiger partial charge on any atom is 0.255 e. The van der Waals surface area contributed by atoms with Gasteiger partial charge in [-0.3, -0.25) is 14.4 Å². The zero-order valence-corrected chi connectivity index (χ0v) is 17.7. The summed E-state index contributed by atoms with van der Waals surface area (Å²) in [5.74, 6) is -0.333. The first-order valence-electron chi connectivity index (χ1n) is 9.47. The highest BCUT2D eigenvalue weighted by Gasteiger charge is 2.26. The summed E-state index contributed by atoms with van der Waals surface area (Å²) in [5.41, 5.74) is 1.24. The number of hydrogen-bond donors (Lipinski definition) is 3. The lowest BCUT2D eigenvalue weighted by Gasteiger charge is -2.22. The average molecular weight is 413 g/mol. The van der Waals surface area contributed by atoms with Gasteiger partial charge in [0.25, 0.3) is 5.91 Å². The molecule has 8 nitrogen and oxygen atoms in total. The molecule has 0 aliphatic carbocycles. The van der Waals surface area contributed by atoms with Crippen LogP contribution in [0.15, 0.2) is 42.5 Å². The second kappa shape index (κ2) is 10.3. The molecule has 0 fully saturated rings. The topological polar surface area (TPSA) is 106 Å². The van der Waals surface area contributed by atoms with E-state index < -0.39 is 11.9 Å². The number of nitrogens with one attached hydrogen (secondary N) is 3. The van der Waals surface area contributed by atoms with E-state index in [1.165, 1.54) is 21.1 Å². The molecule has 0 heterocycles. The van der Waals surface area contributed by atoms with Crippen molar-refractivity contribution >= 4 is 29.1 Å². The largest absolute Gasteiger partial charge is 0.496 e. The van der Waals surface area contributed by atoms with Crippen molar-refractivity contribution in [3.8, 4) is 11.5 Å². The van der Waals surface area contributed by atoms with E-state index >= 15 is 0 Å². The molecule has 2 rings (SSSR count). The first-order valence-corrected chi connectivity index (χ1v) is 9.47. The molecule has 30 heavy (non-hydrogen) atoms. The van der Waals surface area contributed by atoms with Crippen LogP contribution in [0.4, 0.5) is 11.4 Å². The molecule has 0 aromatic heterocycles. The molecule has 3 amide bonds. The highest BCUT2D eigenvalue weighted by Crippen LogP contribution is 2.28. The van der Waals surface area contributed by atoms with E-state index in [4.69, 9.17) is 9.47 Å². The summed E-state index contributed by atoms with van der Waals surface area (Å²) in [6.45, 7) is 5.06. The van der Waals surface area contributed by atoms with Crippen LogP contribution in [0.3, 0.4) is 0 Å². The molecule has 0 aliphatic heterocycles. The molecule has 2 aromatic carbocycles. The Morgan fingerprint density at radius 1 is 0.900 bits per heavy atom. The molecule has 0 radical (unpaired) electrons. The minimum atomic E-state index is -0.784. The van der Waals surface area contributed by atoms with E-state index in [0.29, 0.717) is 28.4 Å². The Labute approximate surface area is 175 Å². The molecule has 1 atom stereocenters. The number of carbonyl (C=O) groups excluding carboxylic acids is 3. The third-order valence-corrected chi connectivity index (χ3v) is 4.37. The van der Waals surface area contributed by atoms with E-state index in [-0.39, 0.29) is 17.7 Å². The molecule has 0 saturated carbocycles. The monoisotopic (exact) mass is 413 g/mol. The molecule has 3 N–H and O–H groups in total. The maximum atomic E-state index is 12.9. The fraction of sp³-hybridized carbons (Fsp3) is 0.318. The van der Waals surface area contributed by atoms with Crippen LogP contribution >= 0.6 is 0 Å². The number of carbonyl (C=O) groups is 3. The van der Waals surface area contributed by atoms with Gasteiger partial charge in [0, 0.05) is 12.6 Å². The summed E-state index contributed by atoms with van der Waals surface area (Å²) in [6, 6.07) is 10.9. The number of benzene rings is 2. The Kier molecular flexibility index (Phi) is 7.80. The Bertz CT molecular complexity index is 927. The third kappa shape index (κ3) is 5.73. The lowest BCUT2D eigenvalue weighted by atomic mass is 10.0. The maximum absolute atomic E-state index is 12.9. The van der Waals surface area contributed by atoms with E-state index in [2.05, 4.69) is 16.0 Å². The van der Waals surface area contributed by atoms with E-state index in [1.54, 1.807) is 42.5 Å². The van der Waals surface area contributed by atoms with Crippen LogP contribution < -0.4 is 25.4 Å². The van der Waals surface area contributed by atoms with Gasteiger partial charge < -0.3 is 25.4 Å². The molecule has 8 heteroatoms. The lowest BCUT2D eigenvalue weighted by molar-refractivity contribution is -0.119. The van der Waals surface area contributed by atoms with Gasteiger partial charge >= 0.3 is 0 Å². The smallest absolute Gasteiger partial charge is 0.255 e.